The van der Waals surface area contributed by atoms with Gasteiger partial charge in [0.2, 0.25) is 0 Å². The number of hydrogen-bond acceptors (Lipinski definition) is 3. The third-order valence-corrected chi connectivity index (χ3v) is 3.84. The van der Waals surface area contributed by atoms with Gasteiger partial charge in [0, 0.05) is 30.4 Å². The first-order chi connectivity index (χ1) is 9.11. The van der Waals surface area contributed by atoms with E-state index in [0.29, 0.717) is 18.7 Å². The third kappa shape index (κ3) is 3.68. The highest BCUT2D eigenvalue weighted by molar-refractivity contribution is 9.10. The number of ether oxygens (including phenoxy) is 1. The molecule has 19 heavy (non-hydrogen) atoms. The molecule has 2 rings (SSSR count). The molecule has 1 saturated heterocycles. The summed E-state index contributed by atoms with van der Waals surface area (Å²) in [6, 6.07) is 1.71. The zero-order valence-electron chi connectivity index (χ0n) is 10.7. The van der Waals surface area contributed by atoms with Crippen molar-refractivity contribution in [1.82, 2.24) is 9.88 Å². The number of hydrogen-bond donors (Lipinski definition) is 0. The second-order valence-corrected chi connectivity index (χ2v) is 5.74. The van der Waals surface area contributed by atoms with Gasteiger partial charge in [-0.15, -0.1) is 0 Å². The monoisotopic (exact) mass is 346 g/mol. The van der Waals surface area contributed by atoms with Crippen molar-refractivity contribution in [3.8, 4) is 0 Å². The molecule has 6 heteroatoms. The predicted octanol–water partition coefficient (Wildman–Crippen LogP) is 3.14. The summed E-state index contributed by atoms with van der Waals surface area (Å²) >= 11 is 9.31. The normalized spacial score (nSPS) is 19.5. The van der Waals surface area contributed by atoms with Crippen LogP contribution in [0.15, 0.2) is 16.7 Å². The Hall–Kier alpha value is -0.650. The lowest BCUT2D eigenvalue weighted by Crippen LogP contribution is -2.43. The van der Waals surface area contributed by atoms with E-state index >= 15 is 0 Å². The standard InChI is InChI=1S/C13H16BrClN2O2/c1-2-19-10-4-3-5-17(8-10)13(18)11-6-9(14)7-16-12(11)15/h6-7,10H,2-5,8H2,1H3. The van der Waals surface area contributed by atoms with Crippen molar-refractivity contribution < 1.29 is 9.53 Å². The summed E-state index contributed by atoms with van der Waals surface area (Å²) in [6.07, 6.45) is 3.66. The predicted molar refractivity (Wildman–Crippen MR) is 77.5 cm³/mol. The molecule has 0 aromatic carbocycles. The van der Waals surface area contributed by atoms with Crippen molar-refractivity contribution in [3.63, 3.8) is 0 Å². The Kier molecular flexibility index (Phi) is 5.19. The molecule has 1 aliphatic heterocycles. The van der Waals surface area contributed by atoms with Gasteiger partial charge in [-0.25, -0.2) is 4.98 Å². The lowest BCUT2D eigenvalue weighted by atomic mass is 10.1. The number of amides is 1. The lowest BCUT2D eigenvalue weighted by molar-refractivity contribution is 0.00723. The molecule has 4 nitrogen and oxygen atoms in total. The number of carbonyl (C=O) groups is 1. The maximum atomic E-state index is 12.4. The van der Waals surface area contributed by atoms with E-state index in [1.165, 1.54) is 0 Å². The number of carbonyl (C=O) groups excluding carboxylic acids is 1. The Bertz CT molecular complexity index is 468. The SMILES string of the molecule is CCOC1CCCN(C(=O)c2cc(Br)cnc2Cl)C1. The van der Waals surface area contributed by atoms with Gasteiger partial charge in [-0.05, 0) is 41.8 Å². The summed E-state index contributed by atoms with van der Waals surface area (Å²) < 4.78 is 6.35. The molecule has 1 atom stereocenters. The van der Waals surface area contributed by atoms with Crippen LogP contribution in [0.5, 0.6) is 0 Å². The van der Waals surface area contributed by atoms with Crippen LogP contribution < -0.4 is 0 Å². The molecule has 0 radical (unpaired) electrons. The minimum Gasteiger partial charge on any atom is -0.377 e. The summed E-state index contributed by atoms with van der Waals surface area (Å²) in [5, 5.41) is 0.242. The highest BCUT2D eigenvalue weighted by Gasteiger charge is 2.26. The summed E-state index contributed by atoms with van der Waals surface area (Å²) in [6.45, 7) is 4.00. The van der Waals surface area contributed by atoms with E-state index in [1.54, 1.807) is 17.2 Å². The summed E-state index contributed by atoms with van der Waals surface area (Å²) in [5.41, 5.74) is 0.438. The van der Waals surface area contributed by atoms with Crippen molar-refractivity contribution in [2.45, 2.75) is 25.9 Å². The quantitative estimate of drug-likeness (QED) is 0.789. The average molecular weight is 348 g/mol. The van der Waals surface area contributed by atoms with E-state index in [9.17, 15) is 4.79 Å². The van der Waals surface area contributed by atoms with Crippen molar-refractivity contribution in [2.75, 3.05) is 19.7 Å². The fourth-order valence-corrected chi connectivity index (χ4v) is 2.75. The highest BCUT2D eigenvalue weighted by Crippen LogP contribution is 2.22. The van der Waals surface area contributed by atoms with E-state index in [2.05, 4.69) is 20.9 Å². The first-order valence-corrected chi connectivity index (χ1v) is 7.50. The molecular weight excluding hydrogens is 332 g/mol. The number of nitrogens with zero attached hydrogens (tertiary/aromatic N) is 2. The van der Waals surface area contributed by atoms with Crippen molar-refractivity contribution in [2.24, 2.45) is 0 Å². The van der Waals surface area contributed by atoms with Crippen LogP contribution in [0.2, 0.25) is 5.15 Å². The summed E-state index contributed by atoms with van der Waals surface area (Å²) in [7, 11) is 0. The van der Waals surface area contributed by atoms with Crippen LogP contribution in [0.4, 0.5) is 0 Å². The van der Waals surface area contributed by atoms with E-state index in [4.69, 9.17) is 16.3 Å². The van der Waals surface area contributed by atoms with Crippen LogP contribution in [-0.4, -0.2) is 41.6 Å². The van der Waals surface area contributed by atoms with Crippen LogP contribution in [0.25, 0.3) is 0 Å². The zero-order valence-corrected chi connectivity index (χ0v) is 13.1. The van der Waals surface area contributed by atoms with Gasteiger partial charge in [0.05, 0.1) is 11.7 Å². The van der Waals surface area contributed by atoms with Gasteiger partial charge in [0.15, 0.2) is 0 Å². The minimum atomic E-state index is -0.0804. The Morgan fingerprint density at radius 2 is 2.47 bits per heavy atom. The van der Waals surface area contributed by atoms with Gasteiger partial charge in [-0.1, -0.05) is 11.6 Å². The molecule has 0 bridgehead atoms. The molecule has 1 unspecified atom stereocenters. The first-order valence-electron chi connectivity index (χ1n) is 6.33. The van der Waals surface area contributed by atoms with E-state index in [-0.39, 0.29) is 17.2 Å². The molecule has 0 spiro atoms. The minimum absolute atomic E-state index is 0.0804. The number of pyridine rings is 1. The van der Waals surface area contributed by atoms with Crippen molar-refractivity contribution in [3.05, 3.63) is 27.5 Å². The van der Waals surface area contributed by atoms with Gasteiger partial charge in [0.1, 0.15) is 5.15 Å². The van der Waals surface area contributed by atoms with Crippen LogP contribution >= 0.6 is 27.5 Å². The maximum Gasteiger partial charge on any atom is 0.257 e. The number of piperidine rings is 1. The smallest absolute Gasteiger partial charge is 0.257 e. The van der Waals surface area contributed by atoms with Gasteiger partial charge < -0.3 is 9.64 Å². The van der Waals surface area contributed by atoms with Gasteiger partial charge in [0.25, 0.3) is 5.91 Å². The number of rotatable bonds is 3. The molecule has 1 aromatic heterocycles. The summed E-state index contributed by atoms with van der Waals surface area (Å²) in [4.78, 5) is 18.2. The fourth-order valence-electron chi connectivity index (χ4n) is 2.24. The van der Waals surface area contributed by atoms with Crippen molar-refractivity contribution >= 4 is 33.4 Å². The highest BCUT2D eigenvalue weighted by atomic mass is 79.9. The Balaban J connectivity index is 2.12. The zero-order chi connectivity index (χ0) is 13.8. The topological polar surface area (TPSA) is 42.4 Å². The third-order valence-electron chi connectivity index (χ3n) is 3.10. The molecular formula is C13H16BrClN2O2. The lowest BCUT2D eigenvalue weighted by Gasteiger charge is -2.32. The largest absolute Gasteiger partial charge is 0.377 e. The van der Waals surface area contributed by atoms with Crippen LogP contribution in [-0.2, 0) is 4.74 Å². The second-order valence-electron chi connectivity index (χ2n) is 4.46. The van der Waals surface area contributed by atoms with E-state index in [0.717, 1.165) is 23.9 Å². The van der Waals surface area contributed by atoms with Gasteiger partial charge in [-0.2, -0.15) is 0 Å². The second kappa shape index (κ2) is 6.68. The molecule has 104 valence electrons. The molecule has 2 heterocycles. The molecule has 1 fully saturated rings. The van der Waals surface area contributed by atoms with E-state index in [1.807, 2.05) is 6.92 Å². The number of halogens is 2. The molecule has 0 aliphatic carbocycles. The Morgan fingerprint density at radius 1 is 1.68 bits per heavy atom. The average Bonchev–Trinajstić information content (AvgIpc) is 2.41. The van der Waals surface area contributed by atoms with Crippen LogP contribution in [0.1, 0.15) is 30.1 Å². The first kappa shape index (κ1) is 14.8. The van der Waals surface area contributed by atoms with Gasteiger partial charge in [-0.3, -0.25) is 4.79 Å². The van der Waals surface area contributed by atoms with Crippen molar-refractivity contribution in [1.29, 1.82) is 0 Å². The maximum absolute atomic E-state index is 12.4. The van der Waals surface area contributed by atoms with Crippen LogP contribution in [0.3, 0.4) is 0 Å². The molecule has 0 saturated carbocycles. The fraction of sp³-hybridized carbons (Fsp3) is 0.538. The summed E-state index contributed by atoms with van der Waals surface area (Å²) in [5.74, 6) is -0.0804. The molecule has 1 aromatic rings. The Morgan fingerprint density at radius 3 is 3.21 bits per heavy atom. The number of aromatic nitrogens is 1. The van der Waals surface area contributed by atoms with Gasteiger partial charge >= 0.3 is 0 Å². The number of likely N-dealkylation sites (tertiary alicyclic amines) is 1. The van der Waals surface area contributed by atoms with E-state index < -0.39 is 0 Å². The molecule has 1 amide bonds. The van der Waals surface area contributed by atoms with Crippen LogP contribution in [0, 0.1) is 0 Å². The Labute approximate surface area is 126 Å². The molecule has 1 aliphatic rings. The molecule has 0 N–H and O–H groups in total.